The Morgan fingerprint density at radius 3 is 2.72 bits per heavy atom. The predicted molar refractivity (Wildman–Crippen MR) is 93.4 cm³/mol. The molecule has 2 N–H and O–H groups in total. The van der Waals surface area contributed by atoms with Crippen molar-refractivity contribution in [1.82, 2.24) is 15.5 Å². The molecular weight excluding hydrogens is 318 g/mol. The van der Waals surface area contributed by atoms with Crippen molar-refractivity contribution in [2.24, 2.45) is 0 Å². The van der Waals surface area contributed by atoms with Crippen LogP contribution in [0.5, 0.6) is 0 Å². The third-order valence-corrected chi connectivity index (χ3v) is 4.29. The number of fused-ring (bicyclic) bond motifs is 1. The van der Waals surface area contributed by atoms with Crippen molar-refractivity contribution in [3.8, 4) is 12.3 Å². The Kier molecular flexibility index (Phi) is 4.15. The van der Waals surface area contributed by atoms with Crippen LogP contribution in [0.1, 0.15) is 12.5 Å². The molecule has 0 aromatic heterocycles. The minimum absolute atomic E-state index is 0.0447. The predicted octanol–water partition coefficient (Wildman–Crippen LogP) is 1.36. The zero-order valence-corrected chi connectivity index (χ0v) is 13.7. The molecule has 2 aromatic rings. The molecule has 126 valence electrons. The van der Waals surface area contributed by atoms with Gasteiger partial charge in [-0.3, -0.25) is 14.5 Å². The van der Waals surface area contributed by atoms with Crippen LogP contribution in [0.3, 0.4) is 0 Å². The molecule has 0 saturated carbocycles. The van der Waals surface area contributed by atoms with Crippen LogP contribution in [0.2, 0.25) is 0 Å². The lowest BCUT2D eigenvalue weighted by Crippen LogP contribution is -2.43. The smallest absolute Gasteiger partial charge is 0.325 e. The molecule has 1 aliphatic heterocycles. The van der Waals surface area contributed by atoms with Gasteiger partial charge in [-0.1, -0.05) is 48.4 Å². The second-order valence-corrected chi connectivity index (χ2v) is 5.95. The molecule has 1 heterocycles. The van der Waals surface area contributed by atoms with Crippen LogP contribution < -0.4 is 10.6 Å². The van der Waals surface area contributed by atoms with E-state index < -0.39 is 23.4 Å². The number of nitrogens with one attached hydrogen (secondary N) is 2. The molecule has 0 radical (unpaired) electrons. The quantitative estimate of drug-likeness (QED) is 0.654. The summed E-state index contributed by atoms with van der Waals surface area (Å²) in [5, 5.41) is 7.01. The van der Waals surface area contributed by atoms with Gasteiger partial charge in [-0.25, -0.2) is 4.79 Å². The van der Waals surface area contributed by atoms with Gasteiger partial charge in [-0.2, -0.15) is 0 Å². The van der Waals surface area contributed by atoms with E-state index in [0.29, 0.717) is 5.56 Å². The number of rotatable bonds is 4. The lowest BCUT2D eigenvalue weighted by Gasteiger charge is -2.24. The molecule has 4 amide bonds. The molecule has 2 aromatic carbocycles. The van der Waals surface area contributed by atoms with Gasteiger partial charge in [0, 0.05) is 0 Å². The zero-order chi connectivity index (χ0) is 18.0. The van der Waals surface area contributed by atoms with Crippen molar-refractivity contribution in [2.75, 3.05) is 13.1 Å². The Hall–Kier alpha value is -3.33. The topological polar surface area (TPSA) is 78.5 Å². The Labute approximate surface area is 145 Å². The van der Waals surface area contributed by atoms with Crippen molar-refractivity contribution < 1.29 is 14.4 Å². The summed E-state index contributed by atoms with van der Waals surface area (Å²) in [6.07, 6.45) is 5.09. The van der Waals surface area contributed by atoms with E-state index in [-0.39, 0.29) is 13.1 Å². The minimum Gasteiger partial charge on any atom is -0.344 e. The van der Waals surface area contributed by atoms with Crippen LogP contribution in [-0.2, 0) is 15.1 Å². The van der Waals surface area contributed by atoms with Crippen molar-refractivity contribution in [1.29, 1.82) is 0 Å². The highest BCUT2D eigenvalue weighted by Crippen LogP contribution is 2.33. The summed E-state index contributed by atoms with van der Waals surface area (Å²) in [4.78, 5) is 37.9. The van der Waals surface area contributed by atoms with Gasteiger partial charge >= 0.3 is 6.03 Å². The van der Waals surface area contributed by atoms with E-state index in [1.54, 1.807) is 6.92 Å². The highest BCUT2D eigenvalue weighted by molar-refractivity contribution is 6.10. The Balaban J connectivity index is 1.94. The van der Waals surface area contributed by atoms with Gasteiger partial charge in [0.15, 0.2) is 0 Å². The Bertz CT molecular complexity index is 910. The Morgan fingerprint density at radius 2 is 1.96 bits per heavy atom. The second-order valence-electron chi connectivity index (χ2n) is 5.95. The number of amides is 4. The summed E-state index contributed by atoms with van der Waals surface area (Å²) in [5.41, 5.74) is -0.542. The van der Waals surface area contributed by atoms with Crippen molar-refractivity contribution in [2.45, 2.75) is 12.5 Å². The molecule has 1 aliphatic rings. The van der Waals surface area contributed by atoms with Gasteiger partial charge in [0.2, 0.25) is 5.91 Å². The van der Waals surface area contributed by atoms with E-state index in [1.165, 1.54) is 0 Å². The molecule has 6 nitrogen and oxygen atoms in total. The monoisotopic (exact) mass is 335 g/mol. The number of carbonyl (C=O) groups excluding carboxylic acids is 3. The maximum atomic E-state index is 12.9. The zero-order valence-electron chi connectivity index (χ0n) is 13.7. The maximum absolute atomic E-state index is 12.9. The van der Waals surface area contributed by atoms with Crippen LogP contribution in [0.25, 0.3) is 10.8 Å². The van der Waals surface area contributed by atoms with Crippen molar-refractivity contribution in [3.63, 3.8) is 0 Å². The fourth-order valence-corrected chi connectivity index (χ4v) is 3.03. The number of terminal acetylenes is 1. The van der Waals surface area contributed by atoms with Gasteiger partial charge in [0.25, 0.3) is 5.91 Å². The molecular formula is C19H17N3O3. The second kappa shape index (κ2) is 6.29. The molecule has 3 rings (SSSR count). The highest BCUT2D eigenvalue weighted by atomic mass is 16.2. The fourth-order valence-electron chi connectivity index (χ4n) is 3.03. The molecule has 0 bridgehead atoms. The first-order valence-corrected chi connectivity index (χ1v) is 7.80. The first-order chi connectivity index (χ1) is 12.0. The van der Waals surface area contributed by atoms with Gasteiger partial charge in [-0.05, 0) is 23.3 Å². The molecule has 25 heavy (non-hydrogen) atoms. The first-order valence-electron chi connectivity index (χ1n) is 7.80. The first kappa shape index (κ1) is 16.5. The fraction of sp³-hybridized carbons (Fsp3) is 0.211. The number of carbonyl (C=O) groups is 3. The average molecular weight is 335 g/mol. The highest BCUT2D eigenvalue weighted by Gasteiger charge is 2.50. The number of hydrogen-bond acceptors (Lipinski definition) is 3. The SMILES string of the molecule is C#CCNC(=O)CN1C(=O)NC(C)(c2cccc3ccccc23)C1=O. The van der Waals surface area contributed by atoms with Crippen LogP contribution in [0, 0.1) is 12.3 Å². The molecule has 6 heteroatoms. The van der Waals surface area contributed by atoms with Gasteiger partial charge < -0.3 is 10.6 Å². The molecule has 1 saturated heterocycles. The molecule has 0 aliphatic carbocycles. The van der Waals surface area contributed by atoms with E-state index in [0.717, 1.165) is 15.7 Å². The summed E-state index contributed by atoms with van der Waals surface area (Å²) in [6, 6.07) is 12.6. The van der Waals surface area contributed by atoms with E-state index in [2.05, 4.69) is 16.6 Å². The maximum Gasteiger partial charge on any atom is 0.325 e. The molecule has 1 unspecified atom stereocenters. The number of imide groups is 1. The minimum atomic E-state index is -1.23. The van der Waals surface area contributed by atoms with Crippen LogP contribution in [0.4, 0.5) is 4.79 Å². The summed E-state index contributed by atoms with van der Waals surface area (Å²) in [6.45, 7) is 1.32. The number of benzene rings is 2. The van der Waals surface area contributed by atoms with Gasteiger partial charge in [0.05, 0.1) is 6.54 Å². The molecule has 1 fully saturated rings. The average Bonchev–Trinajstić information content (AvgIpc) is 2.83. The van der Waals surface area contributed by atoms with Gasteiger partial charge in [0.1, 0.15) is 12.1 Å². The number of urea groups is 1. The lowest BCUT2D eigenvalue weighted by molar-refractivity contribution is -0.134. The van der Waals surface area contributed by atoms with Crippen molar-refractivity contribution in [3.05, 3.63) is 48.0 Å². The lowest BCUT2D eigenvalue weighted by atomic mass is 9.88. The van der Waals surface area contributed by atoms with Gasteiger partial charge in [-0.15, -0.1) is 6.42 Å². The van der Waals surface area contributed by atoms with Crippen LogP contribution >= 0.6 is 0 Å². The summed E-state index contributed by atoms with van der Waals surface area (Å²) in [7, 11) is 0. The van der Waals surface area contributed by atoms with E-state index in [4.69, 9.17) is 6.42 Å². The number of hydrogen-bond donors (Lipinski definition) is 2. The normalized spacial score (nSPS) is 19.6. The number of nitrogens with zero attached hydrogens (tertiary/aromatic N) is 1. The van der Waals surface area contributed by atoms with E-state index in [9.17, 15) is 14.4 Å². The van der Waals surface area contributed by atoms with Crippen LogP contribution in [0.15, 0.2) is 42.5 Å². The van der Waals surface area contributed by atoms with Crippen LogP contribution in [-0.4, -0.2) is 35.8 Å². The third kappa shape index (κ3) is 2.81. The Morgan fingerprint density at radius 1 is 1.24 bits per heavy atom. The third-order valence-electron chi connectivity index (χ3n) is 4.29. The van der Waals surface area contributed by atoms with E-state index in [1.807, 2.05) is 42.5 Å². The standard InChI is InChI=1S/C19H17N3O3/c1-3-11-20-16(23)12-22-17(24)19(2,21-18(22)25)15-10-6-8-13-7-4-5-9-14(13)15/h1,4-10H,11-12H2,2H3,(H,20,23)(H,21,25). The summed E-state index contributed by atoms with van der Waals surface area (Å²) >= 11 is 0. The van der Waals surface area contributed by atoms with E-state index >= 15 is 0 Å². The molecule has 1 atom stereocenters. The summed E-state index contributed by atoms with van der Waals surface area (Å²) in [5.74, 6) is 1.32. The van der Waals surface area contributed by atoms with Crippen molar-refractivity contribution >= 4 is 28.6 Å². The molecule has 0 spiro atoms. The largest absolute Gasteiger partial charge is 0.344 e. The summed E-state index contributed by atoms with van der Waals surface area (Å²) < 4.78 is 0.